The van der Waals surface area contributed by atoms with Crippen LogP contribution in [0.3, 0.4) is 0 Å². The average molecular weight is 296 g/mol. The van der Waals surface area contributed by atoms with Gasteiger partial charge < -0.3 is 4.90 Å². The van der Waals surface area contributed by atoms with Crippen molar-refractivity contribution in [3.63, 3.8) is 0 Å². The summed E-state index contributed by atoms with van der Waals surface area (Å²) in [5, 5.41) is 8.98. The lowest BCUT2D eigenvalue weighted by molar-refractivity contribution is 0.356. The van der Waals surface area contributed by atoms with Crippen molar-refractivity contribution in [3.05, 3.63) is 24.0 Å². The maximum absolute atomic E-state index is 12.5. The van der Waals surface area contributed by atoms with Crippen molar-refractivity contribution in [2.24, 2.45) is 0 Å². The van der Waals surface area contributed by atoms with Crippen molar-refractivity contribution in [2.75, 3.05) is 33.7 Å². The molecule has 20 heavy (non-hydrogen) atoms. The molecule has 0 spiro atoms. The fourth-order valence-electron chi connectivity index (χ4n) is 1.83. The minimum absolute atomic E-state index is 0.0193. The van der Waals surface area contributed by atoms with E-state index in [1.807, 2.05) is 25.1 Å². The van der Waals surface area contributed by atoms with E-state index >= 15 is 0 Å². The van der Waals surface area contributed by atoms with Gasteiger partial charge >= 0.3 is 0 Å². The minimum Gasteiger partial charge on any atom is -0.309 e. The van der Waals surface area contributed by atoms with Gasteiger partial charge in [0.25, 0.3) is 0 Å². The molecule has 0 saturated carbocycles. The highest BCUT2D eigenvalue weighted by molar-refractivity contribution is 7.89. The van der Waals surface area contributed by atoms with E-state index < -0.39 is 10.0 Å². The fraction of sp³-hybridized carbons (Fsp3) is 0.538. The maximum Gasteiger partial charge on any atom is 0.245 e. The second kappa shape index (κ2) is 7.33. The van der Waals surface area contributed by atoms with Crippen LogP contribution in [0.2, 0.25) is 0 Å². The zero-order chi connectivity index (χ0) is 15.2. The summed E-state index contributed by atoms with van der Waals surface area (Å²) < 4.78 is 26.5. The number of nitriles is 1. The zero-order valence-electron chi connectivity index (χ0n) is 12.1. The Labute approximate surface area is 120 Å². The van der Waals surface area contributed by atoms with Gasteiger partial charge in [0.05, 0.1) is 0 Å². The van der Waals surface area contributed by atoms with Crippen LogP contribution < -0.4 is 0 Å². The number of aromatic nitrogens is 1. The molecule has 0 aliphatic rings. The van der Waals surface area contributed by atoms with E-state index in [1.54, 1.807) is 6.92 Å². The molecule has 0 bridgehead atoms. The summed E-state index contributed by atoms with van der Waals surface area (Å²) in [5.41, 5.74) is -0.0569. The second-order valence-corrected chi connectivity index (χ2v) is 6.52. The van der Waals surface area contributed by atoms with E-state index in [4.69, 9.17) is 5.26 Å². The van der Waals surface area contributed by atoms with Crippen LogP contribution in [-0.2, 0) is 10.0 Å². The van der Waals surface area contributed by atoms with Crippen LogP contribution >= 0.6 is 0 Å². The van der Waals surface area contributed by atoms with Crippen molar-refractivity contribution in [1.29, 1.82) is 5.26 Å². The Hall–Kier alpha value is -1.49. The van der Waals surface area contributed by atoms with Gasteiger partial charge in [-0.3, -0.25) is 0 Å². The lowest BCUT2D eigenvalue weighted by atomic mass is 10.4. The Bertz CT molecular complexity index is 578. The molecule has 0 atom stereocenters. The molecule has 1 heterocycles. The van der Waals surface area contributed by atoms with Crippen LogP contribution in [0.25, 0.3) is 0 Å². The van der Waals surface area contributed by atoms with Crippen LogP contribution in [-0.4, -0.2) is 56.3 Å². The van der Waals surface area contributed by atoms with Gasteiger partial charge in [0.1, 0.15) is 11.0 Å². The van der Waals surface area contributed by atoms with Crippen molar-refractivity contribution in [2.45, 2.75) is 18.2 Å². The number of rotatable bonds is 7. The normalized spacial score (nSPS) is 11.8. The molecule has 0 aliphatic heterocycles. The summed E-state index contributed by atoms with van der Waals surface area (Å²) in [6.45, 7) is 3.39. The molecular weight excluding hydrogens is 276 g/mol. The van der Waals surface area contributed by atoms with Gasteiger partial charge in [-0.05, 0) is 39.2 Å². The van der Waals surface area contributed by atoms with E-state index in [2.05, 4.69) is 4.98 Å². The van der Waals surface area contributed by atoms with Gasteiger partial charge in [0, 0.05) is 19.3 Å². The summed E-state index contributed by atoms with van der Waals surface area (Å²) in [6, 6.07) is 4.79. The molecule has 0 aromatic carbocycles. The van der Waals surface area contributed by atoms with E-state index in [0.717, 1.165) is 13.0 Å². The molecule has 0 saturated heterocycles. The molecule has 110 valence electrons. The van der Waals surface area contributed by atoms with E-state index in [9.17, 15) is 8.42 Å². The highest BCUT2D eigenvalue weighted by atomic mass is 32.2. The topological polar surface area (TPSA) is 77.3 Å². The van der Waals surface area contributed by atoms with Gasteiger partial charge in [-0.2, -0.15) is 9.57 Å². The van der Waals surface area contributed by atoms with Gasteiger partial charge in [0.15, 0.2) is 5.69 Å². The smallest absolute Gasteiger partial charge is 0.245 e. The van der Waals surface area contributed by atoms with E-state index in [-0.39, 0.29) is 10.6 Å². The first-order valence-corrected chi connectivity index (χ1v) is 7.87. The molecule has 1 aromatic heterocycles. The summed E-state index contributed by atoms with van der Waals surface area (Å²) in [4.78, 5) is 5.80. The van der Waals surface area contributed by atoms with Gasteiger partial charge in [-0.25, -0.2) is 13.4 Å². The molecule has 0 amide bonds. The number of pyridine rings is 1. The number of nitrogens with zero attached hydrogens (tertiary/aromatic N) is 4. The van der Waals surface area contributed by atoms with Crippen molar-refractivity contribution >= 4 is 10.0 Å². The van der Waals surface area contributed by atoms with Crippen molar-refractivity contribution in [1.82, 2.24) is 14.2 Å². The Balaban J connectivity index is 2.98. The van der Waals surface area contributed by atoms with E-state index in [0.29, 0.717) is 13.1 Å². The lowest BCUT2D eigenvalue weighted by Gasteiger charge is -2.21. The lowest BCUT2D eigenvalue weighted by Crippen LogP contribution is -2.33. The molecule has 0 unspecified atom stereocenters. The first kappa shape index (κ1) is 16.6. The Kier molecular flexibility index (Phi) is 6.07. The van der Waals surface area contributed by atoms with Gasteiger partial charge in [-0.1, -0.05) is 6.92 Å². The molecule has 1 aromatic rings. The molecular formula is C13H20N4O2S. The summed E-state index contributed by atoms with van der Waals surface area (Å²) in [5.74, 6) is 0. The SMILES string of the molecule is CCN(CCCN(C)C)S(=O)(=O)c1cccnc1C#N. The number of hydrogen-bond donors (Lipinski definition) is 0. The molecule has 7 heteroatoms. The standard InChI is InChI=1S/C13H20N4O2S/c1-4-17(10-6-9-16(2)3)20(18,19)13-7-5-8-15-12(13)11-14/h5,7-8H,4,6,9-10H2,1-3H3. The van der Waals surface area contributed by atoms with Crippen molar-refractivity contribution in [3.8, 4) is 6.07 Å². The summed E-state index contributed by atoms with van der Waals surface area (Å²) in [6.07, 6.45) is 2.15. The maximum atomic E-state index is 12.5. The van der Waals surface area contributed by atoms with Gasteiger partial charge in [-0.15, -0.1) is 0 Å². The minimum atomic E-state index is -3.66. The van der Waals surface area contributed by atoms with Crippen LogP contribution in [0.1, 0.15) is 19.0 Å². The predicted octanol–water partition coefficient (Wildman–Crippen LogP) is 0.916. The average Bonchev–Trinajstić information content (AvgIpc) is 2.43. The van der Waals surface area contributed by atoms with Crippen LogP contribution in [0.5, 0.6) is 0 Å². The molecule has 6 nitrogen and oxygen atoms in total. The van der Waals surface area contributed by atoms with Crippen LogP contribution in [0.4, 0.5) is 0 Å². The Morgan fingerprint density at radius 3 is 2.60 bits per heavy atom. The number of sulfonamides is 1. The first-order chi connectivity index (χ1) is 9.43. The van der Waals surface area contributed by atoms with Crippen LogP contribution in [0, 0.1) is 11.3 Å². The third-order valence-electron chi connectivity index (χ3n) is 2.86. The molecule has 0 N–H and O–H groups in total. The summed E-state index contributed by atoms with van der Waals surface area (Å²) >= 11 is 0. The molecule has 0 radical (unpaired) electrons. The van der Waals surface area contributed by atoms with Crippen molar-refractivity contribution < 1.29 is 8.42 Å². The summed E-state index contributed by atoms with van der Waals surface area (Å²) in [7, 11) is 0.226. The highest BCUT2D eigenvalue weighted by Crippen LogP contribution is 2.18. The largest absolute Gasteiger partial charge is 0.309 e. The third-order valence-corrected chi connectivity index (χ3v) is 4.87. The molecule has 0 fully saturated rings. The molecule has 1 rings (SSSR count). The molecule has 0 aliphatic carbocycles. The van der Waals surface area contributed by atoms with Crippen LogP contribution in [0.15, 0.2) is 23.2 Å². The monoisotopic (exact) mass is 296 g/mol. The number of hydrogen-bond acceptors (Lipinski definition) is 5. The Morgan fingerprint density at radius 1 is 1.35 bits per heavy atom. The van der Waals surface area contributed by atoms with E-state index in [1.165, 1.54) is 22.6 Å². The second-order valence-electron chi connectivity index (χ2n) is 4.62. The Morgan fingerprint density at radius 2 is 2.05 bits per heavy atom. The quantitative estimate of drug-likeness (QED) is 0.747. The third kappa shape index (κ3) is 4.00. The zero-order valence-corrected chi connectivity index (χ0v) is 12.9. The predicted molar refractivity (Wildman–Crippen MR) is 76.6 cm³/mol. The highest BCUT2D eigenvalue weighted by Gasteiger charge is 2.26. The first-order valence-electron chi connectivity index (χ1n) is 6.43. The fourth-order valence-corrected chi connectivity index (χ4v) is 3.41. The van der Waals surface area contributed by atoms with Gasteiger partial charge in [0.2, 0.25) is 10.0 Å².